The number of hydrogen-bond acceptors (Lipinski definition) is 4. The van der Waals surface area contributed by atoms with Crippen LogP contribution in [0, 0.1) is 13.8 Å². The van der Waals surface area contributed by atoms with Crippen LogP contribution in [0.15, 0.2) is 71.8 Å². The lowest BCUT2D eigenvalue weighted by molar-refractivity contribution is 0.410. The van der Waals surface area contributed by atoms with Gasteiger partial charge in [0.2, 0.25) is 0 Å². The van der Waals surface area contributed by atoms with E-state index in [9.17, 15) is 4.79 Å². The van der Waals surface area contributed by atoms with Gasteiger partial charge in [0.1, 0.15) is 5.75 Å². The van der Waals surface area contributed by atoms with Gasteiger partial charge in [-0.2, -0.15) is 0 Å². The van der Waals surface area contributed by atoms with Gasteiger partial charge in [-0.25, -0.2) is 0 Å². The molecular formula is C26H26N4O2S. The first-order valence-corrected chi connectivity index (χ1v) is 11.1. The molecule has 0 saturated carbocycles. The lowest BCUT2D eigenvalue weighted by atomic mass is 10.0. The Morgan fingerprint density at radius 2 is 1.91 bits per heavy atom. The smallest absolute Gasteiger partial charge is 0.253 e. The maximum Gasteiger partial charge on any atom is 0.253 e. The van der Waals surface area contributed by atoms with Gasteiger partial charge in [-0.1, -0.05) is 18.2 Å². The van der Waals surface area contributed by atoms with Crippen molar-refractivity contribution < 1.29 is 4.74 Å². The molecule has 0 aliphatic heterocycles. The van der Waals surface area contributed by atoms with Crippen LogP contribution in [0.3, 0.4) is 0 Å². The number of methoxy groups -OCH3 is 1. The maximum atomic E-state index is 13.0. The number of nitrogens with zero attached hydrogens (tertiary/aromatic N) is 2. The van der Waals surface area contributed by atoms with E-state index in [0.29, 0.717) is 23.8 Å². The van der Waals surface area contributed by atoms with Gasteiger partial charge in [-0.3, -0.25) is 9.78 Å². The fourth-order valence-electron chi connectivity index (χ4n) is 3.68. The van der Waals surface area contributed by atoms with Crippen LogP contribution in [0.4, 0.5) is 5.69 Å². The number of benzene rings is 2. The van der Waals surface area contributed by atoms with Crippen LogP contribution in [0.25, 0.3) is 10.9 Å². The number of rotatable bonds is 6. The summed E-state index contributed by atoms with van der Waals surface area (Å²) in [5.74, 6) is 0.770. The van der Waals surface area contributed by atoms with Crippen LogP contribution in [0.1, 0.15) is 22.3 Å². The largest absolute Gasteiger partial charge is 0.497 e. The Labute approximate surface area is 198 Å². The number of hydrogen-bond donors (Lipinski definition) is 2. The molecule has 0 saturated heterocycles. The van der Waals surface area contributed by atoms with E-state index < -0.39 is 0 Å². The summed E-state index contributed by atoms with van der Waals surface area (Å²) in [4.78, 5) is 22.2. The molecule has 2 aromatic heterocycles. The number of thiocarbonyl (C=S) groups is 1. The molecular weight excluding hydrogens is 432 g/mol. The number of pyridine rings is 2. The lowest BCUT2D eigenvalue weighted by Gasteiger charge is -2.26. The quantitative estimate of drug-likeness (QED) is 0.399. The highest BCUT2D eigenvalue weighted by Gasteiger charge is 2.15. The summed E-state index contributed by atoms with van der Waals surface area (Å²) in [5, 5.41) is 4.80. The van der Waals surface area contributed by atoms with Gasteiger partial charge in [0.15, 0.2) is 5.11 Å². The van der Waals surface area contributed by atoms with E-state index >= 15 is 0 Å². The van der Waals surface area contributed by atoms with E-state index in [2.05, 4.69) is 21.4 Å². The number of ether oxygens (including phenoxy) is 1. The zero-order chi connectivity index (χ0) is 23.4. The number of fused-ring (bicyclic) bond motifs is 1. The fraction of sp³-hybridized carbons (Fsp3) is 0.192. The highest BCUT2D eigenvalue weighted by Crippen LogP contribution is 2.21. The first-order valence-electron chi connectivity index (χ1n) is 10.7. The Morgan fingerprint density at radius 1 is 1.12 bits per heavy atom. The van der Waals surface area contributed by atoms with Crippen LogP contribution < -0.4 is 15.6 Å². The maximum absolute atomic E-state index is 13.0. The average Bonchev–Trinajstić information content (AvgIpc) is 2.83. The van der Waals surface area contributed by atoms with E-state index in [1.165, 1.54) is 0 Å². The van der Waals surface area contributed by atoms with Crippen molar-refractivity contribution in [2.24, 2.45) is 0 Å². The number of aromatic nitrogens is 2. The Hall–Kier alpha value is -3.71. The third-order valence-corrected chi connectivity index (χ3v) is 6.07. The summed E-state index contributed by atoms with van der Waals surface area (Å²) < 4.78 is 5.23. The first-order chi connectivity index (χ1) is 15.9. The highest BCUT2D eigenvalue weighted by molar-refractivity contribution is 7.80. The molecule has 0 spiro atoms. The highest BCUT2D eigenvalue weighted by atomic mass is 32.1. The molecule has 4 rings (SSSR count). The molecule has 33 heavy (non-hydrogen) atoms. The van der Waals surface area contributed by atoms with E-state index in [1.807, 2.05) is 67.3 Å². The van der Waals surface area contributed by atoms with Gasteiger partial charge in [0.25, 0.3) is 5.56 Å². The van der Waals surface area contributed by atoms with Gasteiger partial charge in [0.05, 0.1) is 19.2 Å². The van der Waals surface area contributed by atoms with E-state index in [0.717, 1.165) is 39.0 Å². The van der Waals surface area contributed by atoms with Crippen LogP contribution in [0.5, 0.6) is 5.75 Å². The number of aryl methyl sites for hydroxylation is 2. The summed E-state index contributed by atoms with van der Waals surface area (Å²) in [6.07, 6.45) is 3.54. The van der Waals surface area contributed by atoms with Crippen LogP contribution >= 0.6 is 12.2 Å². The van der Waals surface area contributed by atoms with E-state index in [1.54, 1.807) is 19.5 Å². The van der Waals surface area contributed by atoms with E-state index in [4.69, 9.17) is 17.0 Å². The average molecular weight is 459 g/mol. The van der Waals surface area contributed by atoms with Crippen LogP contribution in [-0.2, 0) is 13.1 Å². The fourth-order valence-corrected chi connectivity index (χ4v) is 3.93. The van der Waals surface area contributed by atoms with Gasteiger partial charge < -0.3 is 19.9 Å². The minimum absolute atomic E-state index is 0.111. The van der Waals surface area contributed by atoms with Gasteiger partial charge in [-0.15, -0.1) is 0 Å². The molecule has 2 N–H and O–H groups in total. The molecule has 4 aromatic rings. The summed E-state index contributed by atoms with van der Waals surface area (Å²) in [6.45, 7) is 4.94. The van der Waals surface area contributed by atoms with Crippen molar-refractivity contribution in [3.8, 4) is 5.75 Å². The van der Waals surface area contributed by atoms with Crippen molar-refractivity contribution in [1.82, 2.24) is 14.9 Å². The van der Waals surface area contributed by atoms with Crippen molar-refractivity contribution in [2.45, 2.75) is 26.9 Å². The molecule has 2 aromatic carbocycles. The number of H-pyrrole nitrogens is 1. The topological polar surface area (TPSA) is 70.2 Å². The second kappa shape index (κ2) is 9.83. The van der Waals surface area contributed by atoms with Gasteiger partial charge in [-0.05, 0) is 84.5 Å². The Kier molecular flexibility index (Phi) is 6.70. The predicted octanol–water partition coefficient (Wildman–Crippen LogP) is 4.95. The summed E-state index contributed by atoms with van der Waals surface area (Å²) >= 11 is 5.74. The lowest BCUT2D eigenvalue weighted by Crippen LogP contribution is -2.35. The van der Waals surface area contributed by atoms with Crippen LogP contribution in [-0.4, -0.2) is 27.1 Å². The third kappa shape index (κ3) is 5.21. The Morgan fingerprint density at radius 3 is 2.61 bits per heavy atom. The minimum atomic E-state index is -0.111. The van der Waals surface area contributed by atoms with Crippen molar-refractivity contribution in [3.63, 3.8) is 0 Å². The molecule has 168 valence electrons. The SMILES string of the molecule is COc1ccc(NC(=S)N(Cc2cccnc2)Cc2cc3ccc(C)c(C)c3[nH]c2=O)cc1. The Bertz CT molecular complexity index is 1330. The molecule has 0 bridgehead atoms. The Balaban J connectivity index is 1.64. The zero-order valence-electron chi connectivity index (χ0n) is 18.9. The summed E-state index contributed by atoms with van der Waals surface area (Å²) in [5.41, 5.74) is 5.49. The van der Waals surface area contributed by atoms with Crippen molar-refractivity contribution >= 4 is 33.9 Å². The van der Waals surface area contributed by atoms with Crippen molar-refractivity contribution in [3.05, 3.63) is 99.6 Å². The first kappa shape index (κ1) is 22.5. The van der Waals surface area contributed by atoms with Gasteiger partial charge >= 0.3 is 0 Å². The number of nitrogens with one attached hydrogen (secondary N) is 2. The standard InChI is InChI=1S/C26H26N4O2S/c1-17-6-7-20-13-21(25(31)29-24(20)18(17)2)16-30(15-19-5-4-12-27-14-19)26(33)28-22-8-10-23(32-3)11-9-22/h4-14H,15-16H2,1-3H3,(H,28,33)(H,29,31). The van der Waals surface area contributed by atoms with Crippen LogP contribution in [0.2, 0.25) is 0 Å². The molecule has 0 radical (unpaired) electrons. The molecule has 0 aliphatic rings. The molecule has 6 nitrogen and oxygen atoms in total. The monoisotopic (exact) mass is 458 g/mol. The normalized spacial score (nSPS) is 10.8. The van der Waals surface area contributed by atoms with Crippen molar-refractivity contribution in [1.29, 1.82) is 0 Å². The molecule has 0 amide bonds. The molecule has 0 unspecified atom stereocenters. The second-order valence-electron chi connectivity index (χ2n) is 7.97. The molecule has 0 atom stereocenters. The molecule has 7 heteroatoms. The third-order valence-electron chi connectivity index (χ3n) is 5.71. The predicted molar refractivity (Wildman–Crippen MR) is 137 cm³/mol. The summed E-state index contributed by atoms with van der Waals surface area (Å²) in [7, 11) is 1.63. The second-order valence-corrected chi connectivity index (χ2v) is 8.36. The summed E-state index contributed by atoms with van der Waals surface area (Å²) in [6, 6.07) is 17.5. The number of anilines is 1. The van der Waals surface area contributed by atoms with E-state index in [-0.39, 0.29) is 5.56 Å². The molecule has 0 aliphatic carbocycles. The minimum Gasteiger partial charge on any atom is -0.497 e. The number of aromatic amines is 1. The zero-order valence-corrected chi connectivity index (χ0v) is 19.7. The molecule has 0 fully saturated rings. The van der Waals surface area contributed by atoms with Crippen molar-refractivity contribution in [2.75, 3.05) is 12.4 Å². The van der Waals surface area contributed by atoms with Gasteiger partial charge in [0, 0.05) is 30.2 Å². The molecule has 2 heterocycles.